The zero-order valence-electron chi connectivity index (χ0n) is 29.5. The van der Waals surface area contributed by atoms with Gasteiger partial charge in [0, 0.05) is 12.5 Å². The molecule has 0 heterocycles. The van der Waals surface area contributed by atoms with Gasteiger partial charge in [-0.2, -0.15) is 0 Å². The zero-order chi connectivity index (χ0) is 31.5. The SMILES string of the molecule is CCCCC/C=C\C/C=C\CCCCCCCCN(N)C(=O)C(CC)CCCCCCCC/C=C\CCCCCCCC. The Kier molecular flexibility index (Phi) is 34.0. The van der Waals surface area contributed by atoms with Crippen LogP contribution in [0.25, 0.3) is 0 Å². The molecule has 0 aliphatic rings. The fourth-order valence-corrected chi connectivity index (χ4v) is 5.76. The molecule has 0 saturated carbocycles. The third-order valence-corrected chi connectivity index (χ3v) is 8.79. The van der Waals surface area contributed by atoms with Crippen LogP contribution in [0.1, 0.15) is 201 Å². The largest absolute Gasteiger partial charge is 0.280 e. The minimum absolute atomic E-state index is 0.103. The first-order valence-electron chi connectivity index (χ1n) is 19.2. The highest BCUT2D eigenvalue weighted by Crippen LogP contribution is 2.18. The van der Waals surface area contributed by atoms with Gasteiger partial charge >= 0.3 is 0 Å². The molecule has 0 aromatic rings. The fraction of sp³-hybridized carbons (Fsp3) is 0.825. The van der Waals surface area contributed by atoms with Gasteiger partial charge in [0.05, 0.1) is 0 Å². The maximum Gasteiger partial charge on any atom is 0.239 e. The van der Waals surface area contributed by atoms with Gasteiger partial charge in [0.25, 0.3) is 0 Å². The molecular weight excluding hydrogens is 524 g/mol. The second-order valence-corrected chi connectivity index (χ2v) is 12.9. The van der Waals surface area contributed by atoms with Gasteiger partial charge in [-0.15, -0.1) is 0 Å². The third-order valence-electron chi connectivity index (χ3n) is 8.79. The fourth-order valence-electron chi connectivity index (χ4n) is 5.76. The second-order valence-electron chi connectivity index (χ2n) is 12.9. The molecule has 0 radical (unpaired) electrons. The number of nitrogens with zero attached hydrogens (tertiary/aromatic N) is 1. The van der Waals surface area contributed by atoms with Crippen molar-refractivity contribution in [2.24, 2.45) is 11.8 Å². The summed E-state index contributed by atoms with van der Waals surface area (Å²) in [4.78, 5) is 12.8. The van der Waals surface area contributed by atoms with Crippen LogP contribution >= 0.6 is 0 Å². The summed E-state index contributed by atoms with van der Waals surface area (Å²) in [5.74, 6) is 6.45. The Morgan fingerprint density at radius 2 is 0.884 bits per heavy atom. The molecule has 0 aliphatic carbocycles. The molecule has 3 nitrogen and oxygen atoms in total. The van der Waals surface area contributed by atoms with Crippen LogP contribution < -0.4 is 5.84 Å². The summed E-state index contributed by atoms with van der Waals surface area (Å²) in [6.45, 7) is 7.38. The topological polar surface area (TPSA) is 46.3 Å². The predicted molar refractivity (Wildman–Crippen MR) is 193 cm³/mol. The van der Waals surface area contributed by atoms with E-state index in [9.17, 15) is 4.79 Å². The first-order valence-corrected chi connectivity index (χ1v) is 19.2. The van der Waals surface area contributed by atoms with E-state index in [1.54, 1.807) is 0 Å². The second kappa shape index (κ2) is 35.1. The molecule has 1 amide bonds. The minimum atomic E-state index is 0.103. The lowest BCUT2D eigenvalue weighted by Crippen LogP contribution is -2.42. The lowest BCUT2D eigenvalue weighted by molar-refractivity contribution is -0.136. The predicted octanol–water partition coefficient (Wildman–Crippen LogP) is 13.0. The van der Waals surface area contributed by atoms with E-state index in [0.29, 0.717) is 6.54 Å². The van der Waals surface area contributed by atoms with Crippen molar-refractivity contribution in [1.29, 1.82) is 0 Å². The van der Waals surface area contributed by atoms with Crippen molar-refractivity contribution < 1.29 is 4.79 Å². The lowest BCUT2D eigenvalue weighted by atomic mass is 9.96. The summed E-state index contributed by atoms with van der Waals surface area (Å²) in [5.41, 5.74) is 0. The monoisotopic (exact) mass is 601 g/mol. The van der Waals surface area contributed by atoms with Crippen molar-refractivity contribution in [2.45, 2.75) is 201 Å². The molecule has 252 valence electrons. The number of hydrazine groups is 1. The number of amides is 1. The molecule has 0 aromatic carbocycles. The number of nitrogens with two attached hydrogens (primary N) is 1. The van der Waals surface area contributed by atoms with E-state index in [1.165, 1.54) is 153 Å². The van der Waals surface area contributed by atoms with Gasteiger partial charge in [-0.05, 0) is 77.0 Å². The Hall–Kier alpha value is -1.35. The lowest BCUT2D eigenvalue weighted by Gasteiger charge is -2.22. The third kappa shape index (κ3) is 30.5. The highest BCUT2D eigenvalue weighted by molar-refractivity contribution is 5.78. The van der Waals surface area contributed by atoms with Crippen LogP contribution in [-0.2, 0) is 4.79 Å². The normalized spacial score (nSPS) is 12.7. The Morgan fingerprint density at radius 1 is 0.512 bits per heavy atom. The summed E-state index contributed by atoms with van der Waals surface area (Å²) < 4.78 is 0. The molecule has 0 fully saturated rings. The number of rotatable bonds is 33. The summed E-state index contributed by atoms with van der Waals surface area (Å²) in [6.07, 6.45) is 49.3. The van der Waals surface area contributed by atoms with E-state index >= 15 is 0 Å². The summed E-state index contributed by atoms with van der Waals surface area (Å²) in [5, 5.41) is 1.53. The van der Waals surface area contributed by atoms with Crippen LogP contribution in [0.4, 0.5) is 0 Å². The number of hydrogen-bond acceptors (Lipinski definition) is 2. The maximum atomic E-state index is 12.8. The van der Waals surface area contributed by atoms with Gasteiger partial charge in [-0.25, -0.2) is 5.84 Å². The van der Waals surface area contributed by atoms with Crippen LogP contribution in [0, 0.1) is 5.92 Å². The molecule has 1 atom stereocenters. The van der Waals surface area contributed by atoms with Gasteiger partial charge in [-0.3, -0.25) is 9.80 Å². The molecule has 0 spiro atoms. The first-order chi connectivity index (χ1) is 21.2. The number of carbonyl (C=O) groups excluding carboxylic acids is 1. The molecule has 3 heteroatoms. The van der Waals surface area contributed by atoms with E-state index in [1.807, 2.05) is 0 Å². The molecular formula is C40H76N2O. The van der Waals surface area contributed by atoms with Crippen molar-refractivity contribution in [3.63, 3.8) is 0 Å². The number of unbranched alkanes of at least 4 members (excludes halogenated alkanes) is 21. The summed E-state index contributed by atoms with van der Waals surface area (Å²) in [6, 6.07) is 0. The molecule has 2 N–H and O–H groups in total. The first kappa shape index (κ1) is 41.7. The van der Waals surface area contributed by atoms with Crippen LogP contribution in [0.3, 0.4) is 0 Å². The van der Waals surface area contributed by atoms with Gasteiger partial charge in [0.2, 0.25) is 5.91 Å². The van der Waals surface area contributed by atoms with E-state index < -0.39 is 0 Å². The van der Waals surface area contributed by atoms with Gasteiger partial charge in [0.1, 0.15) is 0 Å². The van der Waals surface area contributed by atoms with E-state index in [4.69, 9.17) is 5.84 Å². The maximum absolute atomic E-state index is 12.8. The van der Waals surface area contributed by atoms with Crippen molar-refractivity contribution >= 4 is 5.91 Å². The van der Waals surface area contributed by atoms with E-state index in [2.05, 4.69) is 57.2 Å². The molecule has 0 bridgehead atoms. The molecule has 0 saturated heterocycles. The van der Waals surface area contributed by atoms with Crippen LogP contribution in [0.15, 0.2) is 36.5 Å². The van der Waals surface area contributed by atoms with Crippen LogP contribution in [0.2, 0.25) is 0 Å². The van der Waals surface area contributed by atoms with Gasteiger partial charge in [-0.1, -0.05) is 160 Å². The van der Waals surface area contributed by atoms with Crippen molar-refractivity contribution in [1.82, 2.24) is 5.01 Å². The van der Waals surface area contributed by atoms with Crippen molar-refractivity contribution in [2.75, 3.05) is 6.54 Å². The molecule has 43 heavy (non-hydrogen) atoms. The Bertz CT molecular complexity index is 653. The molecule has 0 rings (SSSR count). The Balaban J connectivity index is 3.62. The van der Waals surface area contributed by atoms with Gasteiger partial charge < -0.3 is 0 Å². The van der Waals surface area contributed by atoms with Crippen LogP contribution in [-0.4, -0.2) is 17.5 Å². The smallest absolute Gasteiger partial charge is 0.239 e. The quantitative estimate of drug-likeness (QED) is 0.0268. The Labute approximate surface area is 270 Å². The zero-order valence-corrected chi connectivity index (χ0v) is 29.5. The van der Waals surface area contributed by atoms with Crippen molar-refractivity contribution in [3.05, 3.63) is 36.5 Å². The average Bonchev–Trinajstić information content (AvgIpc) is 3.02. The highest BCUT2D eigenvalue weighted by Gasteiger charge is 2.20. The molecule has 1 unspecified atom stereocenters. The molecule has 0 aliphatic heterocycles. The minimum Gasteiger partial charge on any atom is -0.280 e. The van der Waals surface area contributed by atoms with Crippen LogP contribution in [0.5, 0.6) is 0 Å². The van der Waals surface area contributed by atoms with E-state index in [0.717, 1.165) is 32.1 Å². The standard InChI is InChI=1S/C40H76N2O/c1-4-7-9-11-13-15-17-19-21-23-25-27-29-31-33-35-37-39(6-3)40(43)42(41)38-36-34-32-30-28-26-24-22-20-18-16-14-12-10-8-5-2/h14,16,19-22,39H,4-13,15,17-18,23-38,41H2,1-3H3/b16-14-,21-19-,22-20-. The van der Waals surface area contributed by atoms with Gasteiger partial charge in [0.15, 0.2) is 0 Å². The number of allylic oxidation sites excluding steroid dienone is 6. The summed E-state index contributed by atoms with van der Waals surface area (Å²) >= 11 is 0. The number of carbonyl (C=O) groups is 1. The molecule has 0 aromatic heterocycles. The van der Waals surface area contributed by atoms with Crippen molar-refractivity contribution in [3.8, 4) is 0 Å². The average molecular weight is 601 g/mol. The summed E-state index contributed by atoms with van der Waals surface area (Å²) in [7, 11) is 0. The highest BCUT2D eigenvalue weighted by atomic mass is 16.2. The Morgan fingerprint density at radius 3 is 1.37 bits per heavy atom. The van der Waals surface area contributed by atoms with E-state index in [-0.39, 0.29) is 11.8 Å². The number of hydrogen-bond donors (Lipinski definition) is 1.